The zero-order valence-corrected chi connectivity index (χ0v) is 11.7. The van der Waals surface area contributed by atoms with Gasteiger partial charge in [0.25, 0.3) is 0 Å². The summed E-state index contributed by atoms with van der Waals surface area (Å²) in [6.45, 7) is 2.86. The van der Waals surface area contributed by atoms with Gasteiger partial charge < -0.3 is 15.5 Å². The Hall–Kier alpha value is -0.610. The molecule has 0 aliphatic heterocycles. The van der Waals surface area contributed by atoms with Gasteiger partial charge in [0.2, 0.25) is 5.91 Å². The zero-order valence-electron chi connectivity index (χ0n) is 11.7. The third-order valence-electron chi connectivity index (χ3n) is 4.06. The van der Waals surface area contributed by atoms with Gasteiger partial charge in [-0.05, 0) is 39.8 Å². The first-order chi connectivity index (χ1) is 7.93. The molecule has 0 aromatic heterocycles. The summed E-state index contributed by atoms with van der Waals surface area (Å²) in [5.74, 6) is 0.0833. The molecule has 0 saturated heterocycles. The normalized spacial score (nSPS) is 19.9. The molecule has 1 fully saturated rings. The second-order valence-electron chi connectivity index (χ2n) is 5.56. The maximum absolute atomic E-state index is 12.1. The summed E-state index contributed by atoms with van der Waals surface area (Å²) in [4.78, 5) is 16.1. The van der Waals surface area contributed by atoms with Crippen LogP contribution in [0.4, 0.5) is 0 Å². The molecule has 1 saturated carbocycles. The minimum absolute atomic E-state index is 0.0833. The highest BCUT2D eigenvalue weighted by atomic mass is 16.2. The fourth-order valence-electron chi connectivity index (χ4n) is 2.57. The summed E-state index contributed by atoms with van der Waals surface area (Å²) in [6, 6.07) is -0.329. The lowest BCUT2D eigenvalue weighted by molar-refractivity contribution is -0.134. The Morgan fingerprint density at radius 3 is 2.29 bits per heavy atom. The summed E-state index contributed by atoms with van der Waals surface area (Å²) in [7, 11) is 6.08. The van der Waals surface area contributed by atoms with Crippen LogP contribution in [0.3, 0.4) is 0 Å². The van der Waals surface area contributed by atoms with Gasteiger partial charge in [0.1, 0.15) is 0 Å². The van der Waals surface area contributed by atoms with Gasteiger partial charge >= 0.3 is 0 Å². The topological polar surface area (TPSA) is 49.6 Å². The van der Waals surface area contributed by atoms with Crippen molar-refractivity contribution in [2.75, 3.05) is 27.7 Å². The molecule has 0 bridgehead atoms. The lowest BCUT2D eigenvalue weighted by Gasteiger charge is -2.49. The summed E-state index contributed by atoms with van der Waals surface area (Å²) in [5, 5.41) is 0. The molecule has 0 heterocycles. The summed E-state index contributed by atoms with van der Waals surface area (Å²) < 4.78 is 0. The Morgan fingerprint density at radius 2 is 1.94 bits per heavy atom. The first-order valence-electron chi connectivity index (χ1n) is 6.61. The number of carbonyl (C=O) groups excluding carboxylic acids is 1. The molecule has 1 aliphatic carbocycles. The Bertz CT molecular complexity index is 261. The van der Waals surface area contributed by atoms with Gasteiger partial charge in [-0.15, -0.1) is 0 Å². The molecule has 1 rings (SSSR count). The molecule has 0 unspecified atom stereocenters. The van der Waals surface area contributed by atoms with Crippen LogP contribution in [0.15, 0.2) is 0 Å². The van der Waals surface area contributed by atoms with Gasteiger partial charge in [0, 0.05) is 19.1 Å². The van der Waals surface area contributed by atoms with Crippen LogP contribution < -0.4 is 5.73 Å². The van der Waals surface area contributed by atoms with Crippen molar-refractivity contribution in [1.82, 2.24) is 9.80 Å². The van der Waals surface area contributed by atoms with E-state index in [1.807, 2.05) is 11.9 Å². The number of nitrogens with zero attached hydrogens (tertiary/aromatic N) is 2. The average Bonchev–Trinajstić information content (AvgIpc) is 2.21. The van der Waals surface area contributed by atoms with Crippen molar-refractivity contribution >= 4 is 5.91 Å². The van der Waals surface area contributed by atoms with Crippen molar-refractivity contribution in [3.8, 4) is 0 Å². The molecule has 1 amide bonds. The predicted molar refractivity (Wildman–Crippen MR) is 70.8 cm³/mol. The standard InChI is InChI=1S/C13H27N3O/c1-5-7-11(14)12(17)16(4)10-13(15(2)3)8-6-9-13/h11H,5-10,14H2,1-4H3/t11-/m1/s1. The lowest BCUT2D eigenvalue weighted by Crippen LogP contribution is -2.58. The molecule has 4 nitrogen and oxygen atoms in total. The summed E-state index contributed by atoms with van der Waals surface area (Å²) in [5.41, 5.74) is 6.07. The molecular formula is C13H27N3O. The number of carbonyl (C=O) groups is 1. The number of hydrogen-bond donors (Lipinski definition) is 1. The third-order valence-corrected chi connectivity index (χ3v) is 4.06. The molecule has 0 spiro atoms. The van der Waals surface area contributed by atoms with Gasteiger partial charge in [-0.25, -0.2) is 0 Å². The zero-order chi connectivity index (χ0) is 13.1. The van der Waals surface area contributed by atoms with E-state index in [2.05, 4.69) is 25.9 Å². The summed E-state index contributed by atoms with van der Waals surface area (Å²) in [6.07, 6.45) is 5.36. The quantitative estimate of drug-likeness (QED) is 0.756. The largest absolute Gasteiger partial charge is 0.343 e. The van der Waals surface area contributed by atoms with Crippen LogP contribution in [-0.2, 0) is 4.79 Å². The fourth-order valence-corrected chi connectivity index (χ4v) is 2.57. The van der Waals surface area contributed by atoms with Gasteiger partial charge in [-0.3, -0.25) is 4.79 Å². The van der Waals surface area contributed by atoms with Crippen LogP contribution in [0, 0.1) is 0 Å². The Balaban J connectivity index is 2.53. The molecule has 1 atom stereocenters. The monoisotopic (exact) mass is 241 g/mol. The molecule has 0 aromatic rings. The van der Waals surface area contributed by atoms with Crippen molar-refractivity contribution in [1.29, 1.82) is 0 Å². The lowest BCUT2D eigenvalue weighted by atomic mass is 9.75. The van der Waals surface area contributed by atoms with Gasteiger partial charge in [-0.2, -0.15) is 0 Å². The van der Waals surface area contributed by atoms with E-state index in [1.165, 1.54) is 19.3 Å². The van der Waals surface area contributed by atoms with Crippen LogP contribution in [-0.4, -0.2) is 55.0 Å². The molecule has 4 heteroatoms. The molecule has 100 valence electrons. The van der Waals surface area contributed by atoms with E-state index in [4.69, 9.17) is 5.73 Å². The van der Waals surface area contributed by atoms with Crippen molar-refractivity contribution < 1.29 is 4.79 Å². The van der Waals surface area contributed by atoms with E-state index >= 15 is 0 Å². The van der Waals surface area contributed by atoms with E-state index < -0.39 is 0 Å². The SMILES string of the molecule is CCC[C@@H](N)C(=O)N(C)CC1(N(C)C)CCC1. The van der Waals surface area contributed by atoms with E-state index in [1.54, 1.807) is 0 Å². The highest BCUT2D eigenvalue weighted by Crippen LogP contribution is 2.36. The molecule has 1 aliphatic rings. The maximum Gasteiger partial charge on any atom is 0.239 e. The molecule has 2 N–H and O–H groups in total. The van der Waals surface area contributed by atoms with Gasteiger partial charge in [0.05, 0.1) is 6.04 Å². The van der Waals surface area contributed by atoms with Crippen molar-refractivity contribution in [3.05, 3.63) is 0 Å². The van der Waals surface area contributed by atoms with Crippen LogP contribution in [0.1, 0.15) is 39.0 Å². The first-order valence-corrected chi connectivity index (χ1v) is 6.61. The predicted octanol–water partition coefficient (Wildman–Crippen LogP) is 1.06. The van der Waals surface area contributed by atoms with Crippen LogP contribution >= 0.6 is 0 Å². The van der Waals surface area contributed by atoms with Crippen LogP contribution in [0.25, 0.3) is 0 Å². The molecule has 0 aromatic carbocycles. The smallest absolute Gasteiger partial charge is 0.239 e. The molecule has 0 radical (unpaired) electrons. The number of rotatable bonds is 6. The number of amides is 1. The van der Waals surface area contributed by atoms with Crippen molar-refractivity contribution in [2.45, 2.75) is 50.6 Å². The van der Waals surface area contributed by atoms with Gasteiger partial charge in [0.15, 0.2) is 0 Å². The number of nitrogens with two attached hydrogens (primary N) is 1. The van der Waals surface area contributed by atoms with E-state index in [-0.39, 0.29) is 17.5 Å². The average molecular weight is 241 g/mol. The first kappa shape index (κ1) is 14.5. The van der Waals surface area contributed by atoms with E-state index in [9.17, 15) is 4.79 Å². The van der Waals surface area contributed by atoms with Crippen LogP contribution in [0.5, 0.6) is 0 Å². The Morgan fingerprint density at radius 1 is 1.35 bits per heavy atom. The van der Waals surface area contributed by atoms with Crippen molar-refractivity contribution in [3.63, 3.8) is 0 Å². The minimum Gasteiger partial charge on any atom is -0.343 e. The maximum atomic E-state index is 12.1. The number of hydrogen-bond acceptors (Lipinski definition) is 3. The van der Waals surface area contributed by atoms with Gasteiger partial charge in [-0.1, -0.05) is 13.3 Å². The molecular weight excluding hydrogens is 214 g/mol. The van der Waals surface area contributed by atoms with E-state index in [0.29, 0.717) is 0 Å². The van der Waals surface area contributed by atoms with Crippen molar-refractivity contribution in [2.24, 2.45) is 5.73 Å². The van der Waals surface area contributed by atoms with Crippen LogP contribution in [0.2, 0.25) is 0 Å². The summed E-state index contributed by atoms with van der Waals surface area (Å²) >= 11 is 0. The Labute approximate surface area is 105 Å². The highest BCUT2D eigenvalue weighted by Gasteiger charge is 2.40. The highest BCUT2D eigenvalue weighted by molar-refractivity contribution is 5.81. The second-order valence-corrected chi connectivity index (χ2v) is 5.56. The molecule has 17 heavy (non-hydrogen) atoms. The second kappa shape index (κ2) is 5.83. The minimum atomic E-state index is -0.329. The van der Waals surface area contributed by atoms with E-state index in [0.717, 1.165) is 19.4 Å². The third kappa shape index (κ3) is 3.19. The fraction of sp³-hybridized carbons (Fsp3) is 0.923. The number of likely N-dealkylation sites (N-methyl/N-ethyl adjacent to an activating group) is 2. The Kier molecular flexibility index (Phi) is 4.95.